The van der Waals surface area contributed by atoms with Gasteiger partial charge in [-0.05, 0) is 41.2 Å². The smallest absolute Gasteiger partial charge is 0.0245 e. The summed E-state index contributed by atoms with van der Waals surface area (Å²) < 4.78 is 0. The van der Waals surface area contributed by atoms with E-state index in [-0.39, 0.29) is 5.41 Å². The molecule has 0 aliphatic rings. The highest BCUT2D eigenvalue weighted by Gasteiger charge is 2.12. The Morgan fingerprint density at radius 3 is 1.63 bits per heavy atom. The van der Waals surface area contributed by atoms with Gasteiger partial charge < -0.3 is 0 Å². The molecule has 0 amide bonds. The van der Waals surface area contributed by atoms with Crippen LogP contribution >= 0.6 is 0 Å². The molecule has 0 unspecified atom stereocenters. The molecule has 0 heteroatoms. The van der Waals surface area contributed by atoms with Gasteiger partial charge >= 0.3 is 0 Å². The summed E-state index contributed by atoms with van der Waals surface area (Å²) in [5, 5.41) is 0. The fraction of sp³-hybridized carbons (Fsp3) is 0.263. The van der Waals surface area contributed by atoms with E-state index in [1.54, 1.807) is 0 Å². The van der Waals surface area contributed by atoms with E-state index in [1.807, 2.05) is 6.92 Å². The van der Waals surface area contributed by atoms with E-state index in [4.69, 9.17) is 0 Å². The van der Waals surface area contributed by atoms with Gasteiger partial charge in [0.15, 0.2) is 0 Å². The molecule has 0 spiro atoms. The maximum atomic E-state index is 3.07. The third kappa shape index (κ3) is 3.26. The summed E-state index contributed by atoms with van der Waals surface area (Å²) in [7, 11) is 0. The van der Waals surface area contributed by atoms with Crippen molar-refractivity contribution in [3.05, 3.63) is 59.7 Å². The molecule has 0 saturated heterocycles. The summed E-state index contributed by atoms with van der Waals surface area (Å²) in [5.74, 6) is 5.98. The Bertz CT molecular complexity index is 596. The minimum atomic E-state index is 0.207. The van der Waals surface area contributed by atoms with Crippen molar-refractivity contribution in [1.29, 1.82) is 0 Å². The predicted molar refractivity (Wildman–Crippen MR) is 83.1 cm³/mol. The molecular weight excluding hydrogens is 228 g/mol. The van der Waals surface area contributed by atoms with Crippen LogP contribution in [0.15, 0.2) is 48.5 Å². The Morgan fingerprint density at radius 2 is 1.21 bits per heavy atom. The SMILES string of the molecule is CC#Cc1ccc(-c2ccc(C(C)(C)C)cc2)cc1. The predicted octanol–water partition coefficient (Wildman–Crippen LogP) is 5.02. The number of hydrogen-bond acceptors (Lipinski definition) is 0. The minimum Gasteiger partial charge on any atom is -0.101 e. The first-order valence-electron chi connectivity index (χ1n) is 6.64. The molecule has 0 aliphatic heterocycles. The molecule has 19 heavy (non-hydrogen) atoms. The molecule has 2 aromatic rings. The molecule has 0 aromatic heterocycles. The van der Waals surface area contributed by atoms with Crippen LogP contribution < -0.4 is 0 Å². The van der Waals surface area contributed by atoms with Crippen molar-refractivity contribution in [3.8, 4) is 23.0 Å². The normalized spacial score (nSPS) is 10.7. The summed E-state index contributed by atoms with van der Waals surface area (Å²) in [4.78, 5) is 0. The molecule has 0 fully saturated rings. The molecule has 0 N–H and O–H groups in total. The number of hydrogen-bond donors (Lipinski definition) is 0. The highest BCUT2D eigenvalue weighted by atomic mass is 14.2. The molecule has 0 nitrogen and oxygen atoms in total. The molecule has 96 valence electrons. The van der Waals surface area contributed by atoms with Gasteiger partial charge in [0.2, 0.25) is 0 Å². The molecule has 2 aromatic carbocycles. The van der Waals surface area contributed by atoms with Crippen molar-refractivity contribution in [2.24, 2.45) is 0 Å². The number of rotatable bonds is 1. The van der Waals surface area contributed by atoms with Crippen molar-refractivity contribution >= 4 is 0 Å². The van der Waals surface area contributed by atoms with Gasteiger partial charge in [-0.15, -0.1) is 5.92 Å². The van der Waals surface area contributed by atoms with Crippen molar-refractivity contribution in [2.75, 3.05) is 0 Å². The van der Waals surface area contributed by atoms with E-state index >= 15 is 0 Å². The first-order chi connectivity index (χ1) is 9.00. The summed E-state index contributed by atoms with van der Waals surface area (Å²) in [6.07, 6.45) is 0. The summed E-state index contributed by atoms with van der Waals surface area (Å²) in [6, 6.07) is 17.2. The minimum absolute atomic E-state index is 0.207. The molecular formula is C19H20. The van der Waals surface area contributed by atoms with Gasteiger partial charge in [0.1, 0.15) is 0 Å². The topological polar surface area (TPSA) is 0 Å². The zero-order valence-corrected chi connectivity index (χ0v) is 12.1. The lowest BCUT2D eigenvalue weighted by Crippen LogP contribution is -2.10. The maximum Gasteiger partial charge on any atom is 0.0245 e. The Hall–Kier alpha value is -2.00. The summed E-state index contributed by atoms with van der Waals surface area (Å²) in [5.41, 5.74) is 5.13. The van der Waals surface area contributed by atoms with Gasteiger partial charge in [0.05, 0.1) is 0 Å². The zero-order chi connectivity index (χ0) is 13.9. The van der Waals surface area contributed by atoms with Crippen molar-refractivity contribution in [3.63, 3.8) is 0 Å². The third-order valence-electron chi connectivity index (χ3n) is 3.24. The standard InChI is InChI=1S/C19H20/c1-5-6-15-7-9-16(10-8-15)17-11-13-18(14-12-17)19(2,3)4/h7-14H,1-4H3. The van der Waals surface area contributed by atoms with Gasteiger partial charge in [0, 0.05) is 5.56 Å². The van der Waals surface area contributed by atoms with E-state index in [0.717, 1.165) is 5.56 Å². The second-order valence-electron chi connectivity index (χ2n) is 5.78. The maximum absolute atomic E-state index is 3.07. The highest BCUT2D eigenvalue weighted by Crippen LogP contribution is 2.26. The lowest BCUT2D eigenvalue weighted by molar-refractivity contribution is 0.590. The molecule has 0 bridgehead atoms. The van der Waals surface area contributed by atoms with Crippen molar-refractivity contribution < 1.29 is 0 Å². The van der Waals surface area contributed by atoms with E-state index in [9.17, 15) is 0 Å². The highest BCUT2D eigenvalue weighted by molar-refractivity contribution is 5.64. The van der Waals surface area contributed by atoms with Crippen LogP contribution in [-0.4, -0.2) is 0 Å². The lowest BCUT2D eigenvalue weighted by Gasteiger charge is -2.19. The van der Waals surface area contributed by atoms with Crippen LogP contribution in [-0.2, 0) is 5.41 Å². The average molecular weight is 248 g/mol. The second-order valence-corrected chi connectivity index (χ2v) is 5.78. The lowest BCUT2D eigenvalue weighted by atomic mass is 9.86. The first-order valence-corrected chi connectivity index (χ1v) is 6.64. The van der Waals surface area contributed by atoms with E-state index in [0.29, 0.717) is 0 Å². The molecule has 2 rings (SSSR count). The van der Waals surface area contributed by atoms with Gasteiger partial charge in [-0.2, -0.15) is 0 Å². The Balaban J connectivity index is 2.29. The van der Waals surface area contributed by atoms with Crippen LogP contribution in [0, 0.1) is 11.8 Å². The van der Waals surface area contributed by atoms with E-state index in [1.165, 1.54) is 16.7 Å². The summed E-state index contributed by atoms with van der Waals surface area (Å²) in [6.45, 7) is 8.57. The van der Waals surface area contributed by atoms with Crippen LogP contribution in [0.5, 0.6) is 0 Å². The van der Waals surface area contributed by atoms with E-state index in [2.05, 4.69) is 81.1 Å². The van der Waals surface area contributed by atoms with Crippen LogP contribution in [0.2, 0.25) is 0 Å². The quantitative estimate of drug-likeness (QED) is 0.621. The van der Waals surface area contributed by atoms with Gasteiger partial charge in [-0.1, -0.05) is 63.1 Å². The Morgan fingerprint density at radius 1 is 0.737 bits per heavy atom. The van der Waals surface area contributed by atoms with Gasteiger partial charge in [-0.25, -0.2) is 0 Å². The first kappa shape index (κ1) is 13.4. The second kappa shape index (κ2) is 5.33. The molecule has 0 radical (unpaired) electrons. The Labute approximate surface area is 116 Å². The largest absolute Gasteiger partial charge is 0.101 e. The molecule has 0 heterocycles. The van der Waals surface area contributed by atoms with Gasteiger partial charge in [0.25, 0.3) is 0 Å². The van der Waals surface area contributed by atoms with Crippen LogP contribution in [0.1, 0.15) is 38.8 Å². The van der Waals surface area contributed by atoms with Crippen LogP contribution in [0.3, 0.4) is 0 Å². The van der Waals surface area contributed by atoms with Crippen molar-refractivity contribution in [2.45, 2.75) is 33.1 Å². The van der Waals surface area contributed by atoms with Gasteiger partial charge in [-0.3, -0.25) is 0 Å². The fourth-order valence-corrected chi connectivity index (χ4v) is 2.05. The zero-order valence-electron chi connectivity index (χ0n) is 12.1. The fourth-order valence-electron chi connectivity index (χ4n) is 2.05. The monoisotopic (exact) mass is 248 g/mol. The molecule has 0 aliphatic carbocycles. The average Bonchev–Trinajstić information content (AvgIpc) is 2.39. The Kier molecular flexibility index (Phi) is 3.76. The van der Waals surface area contributed by atoms with Crippen LogP contribution in [0.4, 0.5) is 0 Å². The van der Waals surface area contributed by atoms with Crippen molar-refractivity contribution in [1.82, 2.24) is 0 Å². The van der Waals surface area contributed by atoms with Crippen LogP contribution in [0.25, 0.3) is 11.1 Å². The third-order valence-corrected chi connectivity index (χ3v) is 3.24. The summed E-state index contributed by atoms with van der Waals surface area (Å²) >= 11 is 0. The molecule has 0 atom stereocenters. The molecule has 0 saturated carbocycles. The van der Waals surface area contributed by atoms with E-state index < -0.39 is 0 Å². The number of benzene rings is 2.